The highest BCUT2D eigenvalue weighted by Crippen LogP contribution is 2.46. The molecule has 0 N–H and O–H groups in total. The number of rotatable bonds is 2. The average molecular weight is 422 g/mol. The van der Waals surface area contributed by atoms with Gasteiger partial charge in [-0.15, -0.1) is 0 Å². The van der Waals surface area contributed by atoms with Gasteiger partial charge in [0, 0.05) is 33.6 Å². The topological polar surface area (TPSA) is 4.93 Å². The van der Waals surface area contributed by atoms with Crippen LogP contribution in [0.3, 0.4) is 0 Å². The molecule has 6 aromatic carbocycles. The first-order chi connectivity index (χ1) is 16.4. The Morgan fingerprint density at radius 2 is 1.15 bits per heavy atom. The van der Waals surface area contributed by atoms with E-state index >= 15 is 0 Å². The Morgan fingerprint density at radius 3 is 1.91 bits per heavy atom. The van der Waals surface area contributed by atoms with Gasteiger partial charge < -0.3 is 4.57 Å². The Balaban J connectivity index is 1.91. The van der Waals surface area contributed by atoms with Crippen LogP contribution in [0.25, 0.3) is 65.3 Å². The first-order valence-electron chi connectivity index (χ1n) is 11.7. The summed E-state index contributed by atoms with van der Waals surface area (Å²) in [6.45, 7) is 3.19. The Labute approximate surface area is 192 Å². The molecule has 0 amide bonds. The summed E-state index contributed by atoms with van der Waals surface area (Å²) in [6.07, 6.45) is 0. The third-order valence-electron chi connectivity index (χ3n) is 7.12. The normalized spacial score (nSPS) is 11.9. The second kappa shape index (κ2) is 6.95. The van der Waals surface area contributed by atoms with E-state index in [1.54, 1.807) is 0 Å². The summed E-state index contributed by atoms with van der Waals surface area (Å²) < 4.78 is 2.51. The van der Waals surface area contributed by atoms with Gasteiger partial charge in [0.15, 0.2) is 0 Å². The van der Waals surface area contributed by atoms with E-state index in [-0.39, 0.29) is 0 Å². The third kappa shape index (κ3) is 2.48. The van der Waals surface area contributed by atoms with Gasteiger partial charge in [0.05, 0.1) is 5.52 Å². The van der Waals surface area contributed by atoms with Gasteiger partial charge in [-0.05, 0) is 51.7 Å². The van der Waals surface area contributed by atoms with Crippen LogP contribution in [0.5, 0.6) is 0 Å². The van der Waals surface area contributed by atoms with Crippen LogP contribution in [0.2, 0.25) is 0 Å². The van der Waals surface area contributed by atoms with Crippen molar-refractivity contribution in [3.05, 3.63) is 109 Å². The minimum atomic E-state index is 0.932. The van der Waals surface area contributed by atoms with E-state index in [0.717, 1.165) is 6.54 Å². The molecule has 1 nitrogen and oxygen atoms in total. The van der Waals surface area contributed by atoms with Gasteiger partial charge in [0.1, 0.15) is 0 Å². The molecule has 1 aromatic heterocycles. The molecule has 156 valence electrons. The Morgan fingerprint density at radius 1 is 0.545 bits per heavy atom. The maximum absolute atomic E-state index is 2.51. The first kappa shape index (κ1) is 18.5. The summed E-state index contributed by atoms with van der Waals surface area (Å²) in [7, 11) is 0. The minimum Gasteiger partial charge on any atom is -0.340 e. The van der Waals surface area contributed by atoms with Gasteiger partial charge in [-0.3, -0.25) is 0 Å². The molecule has 7 aromatic rings. The molecular weight excluding hydrogens is 398 g/mol. The number of hydrogen-bond acceptors (Lipinski definition) is 0. The van der Waals surface area contributed by atoms with Crippen LogP contribution >= 0.6 is 0 Å². The fourth-order valence-corrected chi connectivity index (χ4v) is 5.80. The molecule has 0 saturated heterocycles. The summed E-state index contributed by atoms with van der Waals surface area (Å²) >= 11 is 0. The predicted octanol–water partition coefficient (Wildman–Crippen LogP) is 8.94. The number of nitrogens with zero attached hydrogens (tertiary/aromatic N) is 1. The summed E-state index contributed by atoms with van der Waals surface area (Å²) in [5.74, 6) is 0. The smallest absolute Gasteiger partial charge is 0.0583 e. The number of aromatic nitrogens is 1. The molecule has 0 atom stereocenters. The minimum absolute atomic E-state index is 0.932. The van der Waals surface area contributed by atoms with Crippen LogP contribution in [0, 0.1) is 0 Å². The van der Waals surface area contributed by atoms with Crippen molar-refractivity contribution in [2.45, 2.75) is 13.5 Å². The lowest BCUT2D eigenvalue weighted by atomic mass is 9.88. The number of aryl methyl sites for hydroxylation is 1. The molecule has 0 aliphatic rings. The monoisotopic (exact) mass is 421 g/mol. The molecule has 0 radical (unpaired) electrons. The molecule has 0 unspecified atom stereocenters. The van der Waals surface area contributed by atoms with Gasteiger partial charge in [0.25, 0.3) is 0 Å². The highest BCUT2D eigenvalue weighted by Gasteiger charge is 2.20. The van der Waals surface area contributed by atoms with E-state index in [1.165, 1.54) is 65.3 Å². The molecule has 7 rings (SSSR count). The lowest BCUT2D eigenvalue weighted by molar-refractivity contribution is 0.830. The molecule has 0 saturated carbocycles. The van der Waals surface area contributed by atoms with Crippen LogP contribution in [0.1, 0.15) is 6.92 Å². The van der Waals surface area contributed by atoms with Crippen molar-refractivity contribution in [1.29, 1.82) is 0 Å². The van der Waals surface area contributed by atoms with E-state index < -0.39 is 0 Å². The summed E-state index contributed by atoms with van der Waals surface area (Å²) in [5.41, 5.74) is 5.22. The van der Waals surface area contributed by atoms with Gasteiger partial charge in [-0.25, -0.2) is 0 Å². The molecule has 0 bridgehead atoms. The van der Waals surface area contributed by atoms with Crippen molar-refractivity contribution in [2.75, 3.05) is 0 Å². The molecular formula is C32H23N. The molecule has 0 aliphatic heterocycles. The fraction of sp³-hybridized carbons (Fsp3) is 0.0625. The van der Waals surface area contributed by atoms with E-state index in [9.17, 15) is 0 Å². The van der Waals surface area contributed by atoms with Crippen molar-refractivity contribution in [1.82, 2.24) is 4.57 Å². The Hall–Kier alpha value is -4.10. The second-order valence-electron chi connectivity index (χ2n) is 8.79. The van der Waals surface area contributed by atoms with E-state index in [2.05, 4.69) is 121 Å². The zero-order valence-electron chi connectivity index (χ0n) is 18.5. The quantitative estimate of drug-likeness (QED) is 0.246. The molecule has 1 heteroatoms. The maximum atomic E-state index is 2.51. The molecule has 0 aliphatic carbocycles. The van der Waals surface area contributed by atoms with Gasteiger partial charge in [-0.2, -0.15) is 0 Å². The predicted molar refractivity (Wildman–Crippen MR) is 143 cm³/mol. The summed E-state index contributed by atoms with van der Waals surface area (Å²) in [4.78, 5) is 0. The number of benzene rings is 6. The van der Waals surface area contributed by atoms with Crippen molar-refractivity contribution in [3.63, 3.8) is 0 Å². The van der Waals surface area contributed by atoms with E-state index in [0.29, 0.717) is 0 Å². The van der Waals surface area contributed by atoms with E-state index in [1.807, 2.05) is 0 Å². The number of fused-ring (bicyclic) bond motifs is 10. The van der Waals surface area contributed by atoms with Crippen LogP contribution < -0.4 is 0 Å². The lowest BCUT2D eigenvalue weighted by Gasteiger charge is -2.17. The summed E-state index contributed by atoms with van der Waals surface area (Å²) in [6, 6.07) is 39.9. The van der Waals surface area contributed by atoms with Gasteiger partial charge >= 0.3 is 0 Å². The highest BCUT2D eigenvalue weighted by atomic mass is 15.0. The zero-order chi connectivity index (χ0) is 21.9. The van der Waals surface area contributed by atoms with Crippen molar-refractivity contribution in [3.8, 4) is 11.1 Å². The molecule has 0 spiro atoms. The number of para-hydroxylation sites is 1. The first-order valence-corrected chi connectivity index (χ1v) is 11.7. The summed E-state index contributed by atoms with van der Waals surface area (Å²) in [5, 5.41) is 10.7. The van der Waals surface area contributed by atoms with Crippen LogP contribution in [-0.2, 0) is 6.54 Å². The highest BCUT2D eigenvalue weighted by molar-refractivity contribution is 6.38. The van der Waals surface area contributed by atoms with Crippen LogP contribution in [-0.4, -0.2) is 4.57 Å². The zero-order valence-corrected chi connectivity index (χ0v) is 18.5. The maximum Gasteiger partial charge on any atom is 0.0583 e. The van der Waals surface area contributed by atoms with Crippen LogP contribution in [0.15, 0.2) is 109 Å². The lowest BCUT2D eigenvalue weighted by Crippen LogP contribution is -1.96. The molecule has 33 heavy (non-hydrogen) atoms. The third-order valence-corrected chi connectivity index (χ3v) is 7.12. The van der Waals surface area contributed by atoms with Gasteiger partial charge in [0.2, 0.25) is 0 Å². The van der Waals surface area contributed by atoms with Gasteiger partial charge in [-0.1, -0.05) is 97.1 Å². The molecule has 1 heterocycles. The van der Waals surface area contributed by atoms with Crippen LogP contribution in [0.4, 0.5) is 0 Å². The van der Waals surface area contributed by atoms with Crippen molar-refractivity contribution in [2.24, 2.45) is 0 Å². The van der Waals surface area contributed by atoms with E-state index in [4.69, 9.17) is 0 Å². The number of hydrogen-bond donors (Lipinski definition) is 0. The fourth-order valence-electron chi connectivity index (χ4n) is 5.80. The van der Waals surface area contributed by atoms with Crippen molar-refractivity contribution < 1.29 is 0 Å². The molecule has 0 fully saturated rings. The SMILES string of the molecule is CCn1c2ccccc2c2c3ccccc3c3c(-c4ccccc4)cc4ccccc4c3c21. The Bertz CT molecular complexity index is 1840. The standard InChI is InChI=1S/C32H23N/c1-2-33-28-19-11-10-18-26(28)30-25-17-9-8-16-24(25)29-27(21-12-4-3-5-13-21)20-22-14-6-7-15-23(22)31(29)32(30)33/h3-20H,2H2,1H3. The van der Waals surface area contributed by atoms with Crippen molar-refractivity contribution >= 4 is 54.1 Å². The largest absolute Gasteiger partial charge is 0.340 e. The second-order valence-corrected chi connectivity index (χ2v) is 8.79. The Kier molecular flexibility index (Phi) is 3.89. The average Bonchev–Trinajstić information content (AvgIpc) is 3.23.